The van der Waals surface area contributed by atoms with Crippen molar-refractivity contribution >= 4 is 5.78 Å². The monoisotopic (exact) mass is 247 g/mol. The summed E-state index contributed by atoms with van der Waals surface area (Å²) in [5, 5.41) is 0. The van der Waals surface area contributed by atoms with Crippen molar-refractivity contribution in [3.63, 3.8) is 0 Å². The highest BCUT2D eigenvalue weighted by Gasteiger charge is 2.25. The van der Waals surface area contributed by atoms with E-state index in [-0.39, 0.29) is 12.0 Å². The highest BCUT2D eigenvalue weighted by Crippen LogP contribution is 2.25. The third kappa shape index (κ3) is 3.33. The van der Waals surface area contributed by atoms with Gasteiger partial charge >= 0.3 is 0 Å². The molecule has 0 spiro atoms. The second-order valence-electron chi connectivity index (χ2n) is 5.12. The van der Waals surface area contributed by atoms with E-state index < -0.39 is 0 Å². The van der Waals surface area contributed by atoms with Crippen LogP contribution in [0.25, 0.3) is 0 Å². The van der Waals surface area contributed by atoms with Crippen molar-refractivity contribution in [2.75, 3.05) is 7.11 Å². The van der Waals surface area contributed by atoms with Crippen molar-refractivity contribution in [1.82, 2.24) is 0 Å². The van der Waals surface area contributed by atoms with Crippen LogP contribution in [-0.2, 0) is 11.2 Å². The van der Waals surface area contributed by atoms with Crippen LogP contribution in [0.2, 0.25) is 0 Å². The highest BCUT2D eigenvalue weighted by molar-refractivity contribution is 5.83. The zero-order valence-corrected chi connectivity index (χ0v) is 10.9. The van der Waals surface area contributed by atoms with Gasteiger partial charge in [-0.25, -0.2) is 0 Å². The number of carbonyl (C=O) groups is 1. The summed E-state index contributed by atoms with van der Waals surface area (Å²) in [6.07, 6.45) is 4.48. The van der Waals surface area contributed by atoms with E-state index in [4.69, 9.17) is 10.5 Å². The standard InChI is InChI=1S/C15H21NO2/c1-18-14-7-2-4-11(8-14)9-15(17)12-5-3-6-13(16)10-12/h2,4,7-8,12-13H,3,5-6,9-10,16H2,1H3. The van der Waals surface area contributed by atoms with Crippen molar-refractivity contribution in [2.24, 2.45) is 11.7 Å². The zero-order valence-electron chi connectivity index (χ0n) is 10.9. The lowest BCUT2D eigenvalue weighted by Gasteiger charge is -2.25. The number of hydrogen-bond donors (Lipinski definition) is 1. The van der Waals surface area contributed by atoms with Crippen LogP contribution in [0.3, 0.4) is 0 Å². The number of ketones is 1. The van der Waals surface area contributed by atoms with Crippen molar-refractivity contribution in [3.05, 3.63) is 29.8 Å². The fourth-order valence-corrected chi connectivity index (χ4v) is 2.65. The van der Waals surface area contributed by atoms with Crippen LogP contribution < -0.4 is 10.5 Å². The minimum absolute atomic E-state index is 0.153. The molecule has 3 heteroatoms. The molecule has 2 N–H and O–H groups in total. The molecule has 2 rings (SSSR count). The zero-order chi connectivity index (χ0) is 13.0. The van der Waals surface area contributed by atoms with Gasteiger partial charge in [-0.15, -0.1) is 0 Å². The largest absolute Gasteiger partial charge is 0.497 e. The predicted octanol–water partition coefficient (Wildman–Crippen LogP) is 2.32. The number of carbonyl (C=O) groups excluding carboxylic acids is 1. The first kappa shape index (κ1) is 13.1. The first-order valence-electron chi connectivity index (χ1n) is 6.60. The average Bonchev–Trinajstić information content (AvgIpc) is 2.39. The maximum absolute atomic E-state index is 12.2. The Bertz CT molecular complexity index is 417. The van der Waals surface area contributed by atoms with E-state index in [0.717, 1.165) is 37.0 Å². The molecular weight excluding hydrogens is 226 g/mol. The number of hydrogen-bond acceptors (Lipinski definition) is 3. The lowest BCUT2D eigenvalue weighted by Crippen LogP contribution is -2.32. The van der Waals surface area contributed by atoms with E-state index in [1.54, 1.807) is 7.11 Å². The average molecular weight is 247 g/mol. The van der Waals surface area contributed by atoms with Gasteiger partial charge in [0, 0.05) is 18.4 Å². The van der Waals surface area contributed by atoms with Crippen molar-refractivity contribution in [3.8, 4) is 5.75 Å². The number of Topliss-reactive ketones (excluding diaryl/α,β-unsaturated/α-hetero) is 1. The second-order valence-corrected chi connectivity index (χ2v) is 5.12. The van der Waals surface area contributed by atoms with Gasteiger partial charge in [0.2, 0.25) is 0 Å². The molecule has 98 valence electrons. The van der Waals surface area contributed by atoms with Crippen LogP contribution in [0, 0.1) is 5.92 Å². The topological polar surface area (TPSA) is 52.3 Å². The normalized spacial score (nSPS) is 23.7. The summed E-state index contributed by atoms with van der Waals surface area (Å²) in [5.74, 6) is 1.28. The van der Waals surface area contributed by atoms with Gasteiger partial charge in [-0.1, -0.05) is 18.6 Å². The van der Waals surface area contributed by atoms with Gasteiger partial charge in [0.05, 0.1) is 7.11 Å². The van der Waals surface area contributed by atoms with Gasteiger partial charge in [0.1, 0.15) is 11.5 Å². The summed E-state index contributed by atoms with van der Waals surface area (Å²) >= 11 is 0. The molecule has 1 fully saturated rings. The Labute approximate surface area is 108 Å². The maximum Gasteiger partial charge on any atom is 0.140 e. The molecule has 18 heavy (non-hydrogen) atoms. The second kappa shape index (κ2) is 6.01. The Morgan fingerprint density at radius 2 is 2.28 bits per heavy atom. The Morgan fingerprint density at radius 1 is 1.44 bits per heavy atom. The minimum Gasteiger partial charge on any atom is -0.497 e. The Hall–Kier alpha value is -1.35. The summed E-state index contributed by atoms with van der Waals surface area (Å²) in [4.78, 5) is 12.2. The van der Waals surface area contributed by atoms with Gasteiger partial charge in [-0.3, -0.25) is 4.79 Å². The molecule has 2 unspecified atom stereocenters. The molecule has 1 saturated carbocycles. The van der Waals surface area contributed by atoms with E-state index in [1.165, 1.54) is 0 Å². The van der Waals surface area contributed by atoms with Crippen molar-refractivity contribution in [2.45, 2.75) is 38.1 Å². The molecule has 1 aromatic rings. The molecule has 0 aromatic heterocycles. The van der Waals surface area contributed by atoms with Gasteiger partial charge in [0.15, 0.2) is 0 Å². The number of nitrogens with two attached hydrogens (primary N) is 1. The van der Waals surface area contributed by atoms with E-state index in [2.05, 4.69) is 0 Å². The molecule has 0 bridgehead atoms. The Morgan fingerprint density at radius 3 is 3.00 bits per heavy atom. The maximum atomic E-state index is 12.2. The van der Waals surface area contributed by atoms with Gasteiger partial charge < -0.3 is 10.5 Å². The van der Waals surface area contributed by atoms with E-state index in [1.807, 2.05) is 24.3 Å². The molecule has 1 aliphatic rings. The molecule has 0 saturated heterocycles. The van der Waals surface area contributed by atoms with E-state index >= 15 is 0 Å². The van der Waals surface area contributed by atoms with E-state index in [9.17, 15) is 4.79 Å². The van der Waals surface area contributed by atoms with Crippen LogP contribution in [0.4, 0.5) is 0 Å². The minimum atomic E-state index is 0.153. The molecule has 3 nitrogen and oxygen atoms in total. The third-order valence-electron chi connectivity index (χ3n) is 3.68. The Kier molecular flexibility index (Phi) is 4.37. The van der Waals surface area contributed by atoms with Crippen LogP contribution in [-0.4, -0.2) is 18.9 Å². The molecule has 1 aromatic carbocycles. The molecule has 0 heterocycles. The third-order valence-corrected chi connectivity index (χ3v) is 3.68. The Balaban J connectivity index is 1.97. The van der Waals surface area contributed by atoms with Crippen LogP contribution >= 0.6 is 0 Å². The molecule has 2 atom stereocenters. The van der Waals surface area contributed by atoms with Crippen molar-refractivity contribution in [1.29, 1.82) is 0 Å². The smallest absolute Gasteiger partial charge is 0.140 e. The summed E-state index contributed by atoms with van der Waals surface area (Å²) in [6, 6.07) is 7.93. The number of methoxy groups -OCH3 is 1. The summed E-state index contributed by atoms with van der Waals surface area (Å²) in [6.45, 7) is 0. The first-order chi connectivity index (χ1) is 8.69. The lowest BCUT2D eigenvalue weighted by molar-refractivity contribution is -0.123. The first-order valence-corrected chi connectivity index (χ1v) is 6.60. The molecule has 0 aliphatic heterocycles. The SMILES string of the molecule is COc1cccc(CC(=O)C2CCCC(N)C2)c1. The number of rotatable bonds is 4. The summed E-state index contributed by atoms with van der Waals surface area (Å²) in [5.41, 5.74) is 6.96. The van der Waals surface area contributed by atoms with Crippen LogP contribution in [0.1, 0.15) is 31.2 Å². The molecule has 0 radical (unpaired) electrons. The van der Waals surface area contributed by atoms with Crippen LogP contribution in [0.15, 0.2) is 24.3 Å². The number of benzene rings is 1. The molecule has 1 aliphatic carbocycles. The van der Waals surface area contributed by atoms with Crippen LogP contribution in [0.5, 0.6) is 5.75 Å². The predicted molar refractivity (Wildman–Crippen MR) is 71.6 cm³/mol. The molecule has 0 amide bonds. The summed E-state index contributed by atoms with van der Waals surface area (Å²) < 4.78 is 5.17. The summed E-state index contributed by atoms with van der Waals surface area (Å²) in [7, 11) is 1.64. The van der Waals surface area contributed by atoms with Gasteiger partial charge in [0.25, 0.3) is 0 Å². The van der Waals surface area contributed by atoms with E-state index in [0.29, 0.717) is 12.2 Å². The fraction of sp³-hybridized carbons (Fsp3) is 0.533. The van der Waals surface area contributed by atoms with Gasteiger partial charge in [-0.2, -0.15) is 0 Å². The molecular formula is C15H21NO2. The fourth-order valence-electron chi connectivity index (χ4n) is 2.65. The number of ether oxygens (including phenoxy) is 1. The lowest BCUT2D eigenvalue weighted by atomic mass is 9.82. The highest BCUT2D eigenvalue weighted by atomic mass is 16.5. The quantitative estimate of drug-likeness (QED) is 0.888. The van der Waals surface area contributed by atoms with Gasteiger partial charge in [-0.05, 0) is 37.0 Å². The van der Waals surface area contributed by atoms with Crippen molar-refractivity contribution < 1.29 is 9.53 Å².